The van der Waals surface area contributed by atoms with Gasteiger partial charge in [0.05, 0.1) is 5.52 Å². The molecule has 1 saturated heterocycles. The molecule has 3 aromatic rings. The molecule has 1 aliphatic heterocycles. The Morgan fingerprint density at radius 3 is 2.74 bits per heavy atom. The highest BCUT2D eigenvalue weighted by molar-refractivity contribution is 14.1. The minimum absolute atomic E-state index is 0.231. The summed E-state index contributed by atoms with van der Waals surface area (Å²) >= 11 is 2.23. The minimum atomic E-state index is 0.231. The molecule has 3 heterocycles. The first-order chi connectivity index (χ1) is 11.3. The van der Waals surface area contributed by atoms with Crippen LogP contribution in [0.25, 0.3) is 10.9 Å². The smallest absolute Gasteiger partial charge is 0.225 e. The number of fused-ring (bicyclic) bond motifs is 1. The molecule has 1 aliphatic rings. The van der Waals surface area contributed by atoms with Crippen LogP contribution in [0.5, 0.6) is 5.75 Å². The van der Waals surface area contributed by atoms with Gasteiger partial charge < -0.3 is 9.64 Å². The number of nitrogens with zero attached hydrogens (tertiary/aromatic N) is 4. The highest BCUT2D eigenvalue weighted by Crippen LogP contribution is 2.25. The molecule has 0 unspecified atom stereocenters. The molecule has 0 bridgehead atoms. The van der Waals surface area contributed by atoms with Crippen LogP contribution in [0.4, 0.5) is 5.95 Å². The minimum Gasteiger partial charge on any atom is -0.490 e. The molecule has 0 amide bonds. The van der Waals surface area contributed by atoms with Gasteiger partial charge in [0.1, 0.15) is 15.6 Å². The van der Waals surface area contributed by atoms with Crippen molar-refractivity contribution in [1.82, 2.24) is 20.2 Å². The highest BCUT2D eigenvalue weighted by Gasteiger charge is 2.22. The second-order valence-corrected chi connectivity index (χ2v) is 6.60. The van der Waals surface area contributed by atoms with E-state index in [4.69, 9.17) is 4.74 Å². The number of hydrogen-bond donors (Lipinski definition) is 1. The monoisotopic (exact) mass is 421 g/mol. The van der Waals surface area contributed by atoms with Crippen molar-refractivity contribution < 1.29 is 4.74 Å². The molecule has 1 N–H and O–H groups in total. The second-order valence-electron chi connectivity index (χ2n) is 5.57. The van der Waals surface area contributed by atoms with E-state index in [9.17, 15) is 0 Å². The van der Waals surface area contributed by atoms with Crippen molar-refractivity contribution in [2.45, 2.75) is 18.9 Å². The number of piperidine rings is 1. The fraction of sp³-hybridized carbons (Fsp3) is 0.312. The predicted octanol–water partition coefficient (Wildman–Crippen LogP) is 3.01. The van der Waals surface area contributed by atoms with E-state index < -0.39 is 0 Å². The number of anilines is 1. The van der Waals surface area contributed by atoms with Crippen LogP contribution in [0.1, 0.15) is 12.8 Å². The summed E-state index contributed by atoms with van der Waals surface area (Å²) < 4.78 is 7.13. The maximum Gasteiger partial charge on any atom is 0.225 e. The van der Waals surface area contributed by atoms with Crippen LogP contribution in [0.15, 0.2) is 36.7 Å². The number of ether oxygens (including phenoxy) is 1. The summed E-state index contributed by atoms with van der Waals surface area (Å²) in [4.78, 5) is 10.8. The van der Waals surface area contributed by atoms with Crippen LogP contribution < -0.4 is 9.64 Å². The van der Waals surface area contributed by atoms with E-state index in [2.05, 4.69) is 53.7 Å². The van der Waals surface area contributed by atoms with E-state index in [0.717, 1.165) is 52.2 Å². The van der Waals surface area contributed by atoms with E-state index in [1.165, 1.54) is 0 Å². The molecule has 6 nitrogen and oxygen atoms in total. The summed E-state index contributed by atoms with van der Waals surface area (Å²) in [6, 6.07) is 7.94. The van der Waals surface area contributed by atoms with Gasteiger partial charge >= 0.3 is 0 Å². The van der Waals surface area contributed by atoms with Gasteiger partial charge in [0.2, 0.25) is 5.95 Å². The van der Waals surface area contributed by atoms with Crippen LogP contribution in [0, 0.1) is 3.70 Å². The largest absolute Gasteiger partial charge is 0.490 e. The Hall–Kier alpha value is -1.90. The molecule has 1 aromatic carbocycles. The van der Waals surface area contributed by atoms with Gasteiger partial charge in [-0.15, -0.1) is 0 Å². The summed E-state index contributed by atoms with van der Waals surface area (Å²) in [6.07, 6.45) is 5.74. The van der Waals surface area contributed by atoms with Gasteiger partial charge in [-0.05, 0) is 40.8 Å². The van der Waals surface area contributed by atoms with E-state index >= 15 is 0 Å². The zero-order chi connectivity index (χ0) is 15.6. The Balaban J connectivity index is 1.40. The van der Waals surface area contributed by atoms with E-state index in [-0.39, 0.29) is 6.10 Å². The normalized spacial score (nSPS) is 16.0. The highest BCUT2D eigenvalue weighted by atomic mass is 127. The summed E-state index contributed by atoms with van der Waals surface area (Å²) in [7, 11) is 0. The van der Waals surface area contributed by atoms with Gasteiger partial charge in [-0.3, -0.25) is 5.10 Å². The standard InChI is InChI=1S/C16H16IN5O/c17-15-13-3-2-12(10-14(13)20-21-15)23-11-4-8-22(9-5-11)16-18-6-1-7-19-16/h1-3,6-7,10-11H,4-5,8-9H2,(H,20,21). The van der Waals surface area contributed by atoms with Gasteiger partial charge in [0.15, 0.2) is 0 Å². The van der Waals surface area contributed by atoms with Crippen LogP contribution in [-0.2, 0) is 0 Å². The molecule has 118 valence electrons. The number of hydrogen-bond acceptors (Lipinski definition) is 5. The molecule has 0 radical (unpaired) electrons. The van der Waals surface area contributed by atoms with Crippen molar-refractivity contribution in [3.05, 3.63) is 40.4 Å². The Morgan fingerprint density at radius 2 is 1.96 bits per heavy atom. The predicted molar refractivity (Wildman–Crippen MR) is 96.7 cm³/mol. The van der Waals surface area contributed by atoms with Crippen LogP contribution in [0.3, 0.4) is 0 Å². The molecule has 0 atom stereocenters. The SMILES string of the molecule is Ic1n[nH]c2cc(OC3CCN(c4ncccn4)CC3)ccc12. The Bertz CT molecular complexity index is 799. The Morgan fingerprint density at radius 1 is 1.17 bits per heavy atom. The number of rotatable bonds is 3. The zero-order valence-corrected chi connectivity index (χ0v) is 14.6. The third-order valence-corrected chi connectivity index (χ3v) is 4.89. The third kappa shape index (κ3) is 3.10. The molecule has 0 aliphatic carbocycles. The molecule has 0 spiro atoms. The van der Waals surface area contributed by atoms with Crippen LogP contribution in [0.2, 0.25) is 0 Å². The summed E-state index contributed by atoms with van der Waals surface area (Å²) in [5.74, 6) is 1.70. The fourth-order valence-electron chi connectivity index (χ4n) is 2.86. The lowest BCUT2D eigenvalue weighted by molar-refractivity contribution is 0.170. The topological polar surface area (TPSA) is 66.9 Å². The van der Waals surface area contributed by atoms with Gasteiger partial charge in [0.25, 0.3) is 0 Å². The lowest BCUT2D eigenvalue weighted by Gasteiger charge is -2.32. The molecular formula is C16H16IN5O. The molecule has 7 heteroatoms. The van der Waals surface area contributed by atoms with Crippen molar-refractivity contribution >= 4 is 39.4 Å². The van der Waals surface area contributed by atoms with Crippen molar-refractivity contribution in [2.24, 2.45) is 0 Å². The maximum absolute atomic E-state index is 6.14. The first-order valence-corrected chi connectivity index (χ1v) is 8.70. The lowest BCUT2D eigenvalue weighted by atomic mass is 10.1. The quantitative estimate of drug-likeness (QED) is 0.659. The van der Waals surface area contributed by atoms with Crippen molar-refractivity contribution in [3.8, 4) is 5.75 Å². The third-order valence-electron chi connectivity index (χ3n) is 4.07. The summed E-state index contributed by atoms with van der Waals surface area (Å²) in [6.45, 7) is 1.83. The van der Waals surface area contributed by atoms with E-state index in [1.807, 2.05) is 18.2 Å². The van der Waals surface area contributed by atoms with Crippen molar-refractivity contribution in [3.63, 3.8) is 0 Å². The van der Waals surface area contributed by atoms with Gasteiger partial charge in [-0.2, -0.15) is 5.10 Å². The zero-order valence-electron chi connectivity index (χ0n) is 12.4. The fourth-order valence-corrected chi connectivity index (χ4v) is 3.45. The van der Waals surface area contributed by atoms with E-state index in [1.54, 1.807) is 12.4 Å². The van der Waals surface area contributed by atoms with Crippen LogP contribution in [-0.4, -0.2) is 39.4 Å². The number of benzene rings is 1. The number of aromatic amines is 1. The molecular weight excluding hydrogens is 405 g/mol. The summed E-state index contributed by atoms with van der Waals surface area (Å²) in [5.41, 5.74) is 1.02. The molecule has 1 fully saturated rings. The van der Waals surface area contributed by atoms with Gasteiger partial charge in [-0.1, -0.05) is 0 Å². The van der Waals surface area contributed by atoms with Crippen molar-refractivity contribution in [1.29, 1.82) is 0 Å². The maximum atomic E-state index is 6.14. The number of halogens is 1. The molecule has 0 saturated carbocycles. The van der Waals surface area contributed by atoms with Crippen LogP contribution >= 0.6 is 22.6 Å². The molecule has 4 rings (SSSR count). The first kappa shape index (κ1) is 14.7. The summed E-state index contributed by atoms with van der Waals surface area (Å²) in [5, 5.41) is 8.38. The molecule has 23 heavy (non-hydrogen) atoms. The van der Waals surface area contributed by atoms with E-state index in [0.29, 0.717) is 0 Å². The molecule has 2 aromatic heterocycles. The lowest BCUT2D eigenvalue weighted by Crippen LogP contribution is -2.39. The number of aromatic nitrogens is 4. The second kappa shape index (κ2) is 6.31. The number of nitrogens with one attached hydrogen (secondary N) is 1. The van der Waals surface area contributed by atoms with Gasteiger partial charge in [0, 0.05) is 49.8 Å². The van der Waals surface area contributed by atoms with Gasteiger partial charge in [-0.25, -0.2) is 9.97 Å². The first-order valence-electron chi connectivity index (χ1n) is 7.62. The number of H-pyrrole nitrogens is 1. The average molecular weight is 421 g/mol. The van der Waals surface area contributed by atoms with Crippen molar-refractivity contribution in [2.75, 3.05) is 18.0 Å². The Labute approximate surface area is 147 Å². The Kier molecular flexibility index (Phi) is 4.02. The average Bonchev–Trinajstić information content (AvgIpc) is 2.97.